The zero-order chi connectivity index (χ0) is 24.6. The average Bonchev–Trinajstić information content (AvgIpc) is 3.35. The van der Waals surface area contributed by atoms with Crippen molar-refractivity contribution in [3.63, 3.8) is 0 Å². The van der Waals surface area contributed by atoms with Crippen LogP contribution in [0.4, 0.5) is 0 Å². The monoisotopic (exact) mass is 471 g/mol. The molecular weight excluding hydrogens is 428 g/mol. The molecular formula is C27H43N4OS+. The van der Waals surface area contributed by atoms with Crippen molar-refractivity contribution in [2.45, 2.75) is 92.4 Å². The van der Waals surface area contributed by atoms with Gasteiger partial charge >= 0.3 is 0 Å². The Morgan fingerprint density at radius 1 is 1.18 bits per heavy atom. The SMILES string of the molecule is CC(C)NC(C=[N+]1CCCC1C)C(C)(C)C.Cc1ncsc1-c1ccc(C(C)NC=O)cc1. The Hall–Kier alpha value is -2.05. The Bertz CT molecular complexity index is 896. The van der Waals surface area contributed by atoms with Crippen LogP contribution in [-0.2, 0) is 4.79 Å². The second-order valence-corrected chi connectivity index (χ2v) is 11.3. The zero-order valence-electron chi connectivity index (χ0n) is 21.7. The van der Waals surface area contributed by atoms with E-state index in [-0.39, 0.29) is 11.5 Å². The van der Waals surface area contributed by atoms with Crippen LogP contribution in [-0.4, -0.2) is 46.9 Å². The number of rotatable bonds is 7. The van der Waals surface area contributed by atoms with Gasteiger partial charge in [-0.3, -0.25) is 4.79 Å². The number of thiazole rings is 1. The number of aryl methyl sites for hydroxylation is 1. The van der Waals surface area contributed by atoms with Gasteiger partial charge in [0.25, 0.3) is 0 Å². The maximum Gasteiger partial charge on any atom is 0.207 e. The minimum atomic E-state index is 0.0455. The van der Waals surface area contributed by atoms with E-state index in [2.05, 4.69) is 80.1 Å². The molecule has 182 valence electrons. The second kappa shape index (κ2) is 12.4. The molecule has 0 radical (unpaired) electrons. The van der Waals surface area contributed by atoms with Crippen molar-refractivity contribution in [1.82, 2.24) is 15.6 Å². The first kappa shape index (κ1) is 27.2. The van der Waals surface area contributed by atoms with Crippen molar-refractivity contribution in [2.75, 3.05) is 6.54 Å². The molecule has 0 saturated carbocycles. The van der Waals surface area contributed by atoms with E-state index in [1.807, 2.05) is 31.5 Å². The summed E-state index contributed by atoms with van der Waals surface area (Å²) < 4.78 is 2.52. The van der Waals surface area contributed by atoms with Gasteiger partial charge in [-0.05, 0) is 37.3 Å². The van der Waals surface area contributed by atoms with Gasteiger partial charge < -0.3 is 10.6 Å². The van der Waals surface area contributed by atoms with Gasteiger partial charge in [-0.1, -0.05) is 58.9 Å². The maximum absolute atomic E-state index is 10.4. The molecule has 1 aromatic heterocycles. The number of aromatic nitrogens is 1. The second-order valence-electron chi connectivity index (χ2n) is 10.4. The van der Waals surface area contributed by atoms with E-state index < -0.39 is 0 Å². The molecule has 0 spiro atoms. The van der Waals surface area contributed by atoms with Crippen LogP contribution < -0.4 is 10.6 Å². The Kier molecular flexibility index (Phi) is 10.2. The summed E-state index contributed by atoms with van der Waals surface area (Å²) in [4.78, 5) is 15.8. The molecule has 33 heavy (non-hydrogen) atoms. The van der Waals surface area contributed by atoms with E-state index in [1.165, 1.54) is 29.8 Å². The number of amides is 1. The summed E-state index contributed by atoms with van der Waals surface area (Å²) >= 11 is 1.64. The molecule has 1 amide bonds. The van der Waals surface area contributed by atoms with Crippen molar-refractivity contribution in [3.05, 3.63) is 41.0 Å². The summed E-state index contributed by atoms with van der Waals surface area (Å²) in [5, 5.41) is 6.41. The lowest BCUT2D eigenvalue weighted by Crippen LogP contribution is -2.47. The van der Waals surface area contributed by atoms with E-state index in [4.69, 9.17) is 0 Å². The van der Waals surface area contributed by atoms with Gasteiger partial charge in [0, 0.05) is 18.9 Å². The Morgan fingerprint density at radius 3 is 2.30 bits per heavy atom. The summed E-state index contributed by atoms with van der Waals surface area (Å²) in [5.74, 6) is 0. The summed E-state index contributed by atoms with van der Waals surface area (Å²) in [6, 6.07) is 9.98. The van der Waals surface area contributed by atoms with Crippen molar-refractivity contribution in [2.24, 2.45) is 5.41 Å². The van der Waals surface area contributed by atoms with Crippen LogP contribution in [0.5, 0.6) is 0 Å². The third-order valence-corrected chi connectivity index (χ3v) is 7.10. The molecule has 3 unspecified atom stereocenters. The van der Waals surface area contributed by atoms with Gasteiger partial charge in [0.05, 0.1) is 28.2 Å². The summed E-state index contributed by atoms with van der Waals surface area (Å²) in [5.41, 5.74) is 5.47. The lowest BCUT2D eigenvalue weighted by atomic mass is 9.87. The number of carbonyl (C=O) groups excluding carboxylic acids is 1. The molecule has 3 rings (SSSR count). The predicted octanol–water partition coefficient (Wildman–Crippen LogP) is 5.59. The highest BCUT2D eigenvalue weighted by Gasteiger charge is 2.30. The molecule has 2 aromatic rings. The van der Waals surface area contributed by atoms with Crippen LogP contribution in [0.15, 0.2) is 29.8 Å². The minimum absolute atomic E-state index is 0.0455. The standard InChI is InChI=1S/C14H29N2.C13H14N2OS/c1-11(2)15-13(14(4,5)6)10-16-9-7-8-12(16)3;1-9(14-7-16)11-3-5-12(6-4-11)13-10(2)15-8-17-13/h10-13,15H,7-9H2,1-6H3;3-9H,1-2H3,(H,14,16)/q+1;. The Balaban J connectivity index is 0.000000234. The third-order valence-electron chi connectivity index (χ3n) is 6.13. The number of carbonyl (C=O) groups is 1. The molecule has 2 heterocycles. The van der Waals surface area contributed by atoms with E-state index in [0.717, 1.165) is 23.7 Å². The molecule has 3 atom stereocenters. The zero-order valence-corrected chi connectivity index (χ0v) is 22.5. The lowest BCUT2D eigenvalue weighted by molar-refractivity contribution is -0.537. The van der Waals surface area contributed by atoms with Crippen molar-refractivity contribution >= 4 is 24.0 Å². The van der Waals surface area contributed by atoms with Gasteiger partial charge in [-0.15, -0.1) is 11.3 Å². The van der Waals surface area contributed by atoms with E-state index >= 15 is 0 Å². The molecule has 1 saturated heterocycles. The maximum atomic E-state index is 10.4. The Labute approximate surface area is 204 Å². The van der Waals surface area contributed by atoms with Crippen LogP contribution in [0.25, 0.3) is 10.4 Å². The van der Waals surface area contributed by atoms with E-state index in [0.29, 0.717) is 12.1 Å². The first-order valence-corrected chi connectivity index (χ1v) is 13.0. The average molecular weight is 472 g/mol. The largest absolute Gasteiger partial charge is 0.352 e. The number of hydrogen-bond acceptors (Lipinski definition) is 4. The number of nitrogens with zero attached hydrogens (tertiary/aromatic N) is 2. The van der Waals surface area contributed by atoms with Crippen LogP contribution in [0.2, 0.25) is 0 Å². The third kappa shape index (κ3) is 8.35. The molecule has 5 nitrogen and oxygen atoms in total. The molecule has 2 N–H and O–H groups in total. The predicted molar refractivity (Wildman–Crippen MR) is 141 cm³/mol. The molecule has 1 fully saturated rings. The van der Waals surface area contributed by atoms with Gasteiger partial charge in [0.15, 0.2) is 6.21 Å². The fraction of sp³-hybridized carbons (Fsp3) is 0.593. The molecule has 1 aliphatic heterocycles. The van der Waals surface area contributed by atoms with Crippen LogP contribution in [0.3, 0.4) is 0 Å². The molecule has 6 heteroatoms. The summed E-state index contributed by atoms with van der Waals surface area (Å²) in [6.07, 6.45) is 5.84. The van der Waals surface area contributed by atoms with Gasteiger partial charge in [0.2, 0.25) is 6.41 Å². The highest BCUT2D eigenvalue weighted by atomic mass is 32.1. The first-order chi connectivity index (χ1) is 15.5. The fourth-order valence-corrected chi connectivity index (χ4v) is 4.76. The Morgan fingerprint density at radius 2 is 1.85 bits per heavy atom. The molecule has 0 bridgehead atoms. The van der Waals surface area contributed by atoms with Crippen molar-refractivity contribution < 1.29 is 9.37 Å². The van der Waals surface area contributed by atoms with Crippen molar-refractivity contribution in [1.29, 1.82) is 0 Å². The van der Waals surface area contributed by atoms with Crippen LogP contribution in [0.1, 0.15) is 78.6 Å². The summed E-state index contributed by atoms with van der Waals surface area (Å²) in [6.45, 7) is 18.9. The first-order valence-electron chi connectivity index (χ1n) is 12.1. The topological polar surface area (TPSA) is 57.0 Å². The lowest BCUT2D eigenvalue weighted by Gasteiger charge is -2.29. The van der Waals surface area contributed by atoms with E-state index in [9.17, 15) is 4.79 Å². The minimum Gasteiger partial charge on any atom is -0.352 e. The summed E-state index contributed by atoms with van der Waals surface area (Å²) in [7, 11) is 0. The van der Waals surface area contributed by atoms with E-state index in [1.54, 1.807) is 11.3 Å². The van der Waals surface area contributed by atoms with Gasteiger partial charge in [-0.25, -0.2) is 9.56 Å². The smallest absolute Gasteiger partial charge is 0.207 e. The molecule has 1 aromatic carbocycles. The van der Waals surface area contributed by atoms with Crippen LogP contribution in [0, 0.1) is 12.3 Å². The normalized spacial score (nSPS) is 19.2. The number of benzene rings is 1. The fourth-order valence-electron chi connectivity index (χ4n) is 3.94. The molecule has 0 aliphatic carbocycles. The highest BCUT2D eigenvalue weighted by Crippen LogP contribution is 2.28. The van der Waals surface area contributed by atoms with Gasteiger partial charge in [0.1, 0.15) is 12.6 Å². The quantitative estimate of drug-likeness (QED) is 0.409. The highest BCUT2D eigenvalue weighted by molar-refractivity contribution is 7.13. The van der Waals surface area contributed by atoms with Gasteiger partial charge in [-0.2, -0.15) is 0 Å². The van der Waals surface area contributed by atoms with Crippen LogP contribution >= 0.6 is 11.3 Å². The number of hydrogen-bond donors (Lipinski definition) is 2. The number of nitrogens with one attached hydrogen (secondary N) is 2. The van der Waals surface area contributed by atoms with Crippen molar-refractivity contribution in [3.8, 4) is 10.4 Å². The molecule has 1 aliphatic rings.